The van der Waals surface area contributed by atoms with Gasteiger partial charge in [0.05, 0.1) is 0 Å². The van der Waals surface area contributed by atoms with E-state index in [-0.39, 0.29) is 12.6 Å². The Bertz CT molecular complexity index is 586. The number of aryl methyl sites for hydroxylation is 2. The van der Waals surface area contributed by atoms with Crippen LogP contribution >= 0.6 is 0 Å². The molecule has 1 aromatic heterocycles. The molecule has 2 N–H and O–H groups in total. The van der Waals surface area contributed by atoms with Gasteiger partial charge in [0.25, 0.3) is 0 Å². The summed E-state index contributed by atoms with van der Waals surface area (Å²) >= 11 is 0. The fraction of sp³-hybridized carbons (Fsp3) is 0.444. The fourth-order valence-corrected chi connectivity index (χ4v) is 2.71. The average Bonchev–Trinajstić information content (AvgIpc) is 2.52. The summed E-state index contributed by atoms with van der Waals surface area (Å²) in [6.07, 6.45) is 2.66. The molecule has 0 radical (unpaired) electrons. The van der Waals surface area contributed by atoms with Crippen LogP contribution in [0.1, 0.15) is 47.9 Å². The average molecular weight is 299 g/mol. The molecule has 2 rings (SSSR count). The van der Waals surface area contributed by atoms with Crippen LogP contribution in [-0.4, -0.2) is 28.2 Å². The van der Waals surface area contributed by atoms with Crippen molar-refractivity contribution in [1.29, 1.82) is 0 Å². The number of aliphatic hydroxyl groups excluding tert-OH is 1. The Morgan fingerprint density at radius 2 is 1.91 bits per heavy atom. The van der Waals surface area contributed by atoms with E-state index < -0.39 is 0 Å². The van der Waals surface area contributed by atoms with Crippen LogP contribution in [0.25, 0.3) is 0 Å². The molecule has 4 nitrogen and oxygen atoms in total. The van der Waals surface area contributed by atoms with Gasteiger partial charge in [0, 0.05) is 36.6 Å². The molecular weight excluding hydrogens is 274 g/mol. The van der Waals surface area contributed by atoms with Gasteiger partial charge in [0.1, 0.15) is 5.82 Å². The van der Waals surface area contributed by atoms with E-state index >= 15 is 0 Å². The lowest BCUT2D eigenvalue weighted by atomic mass is 9.95. The Balaban J connectivity index is 2.02. The number of aromatic nitrogens is 2. The lowest BCUT2D eigenvalue weighted by molar-refractivity contribution is 0.272. The number of nitrogens with one attached hydrogen (secondary N) is 1. The smallest absolute Gasteiger partial charge is 0.125 e. The van der Waals surface area contributed by atoms with Crippen LogP contribution in [-0.2, 0) is 0 Å². The van der Waals surface area contributed by atoms with Gasteiger partial charge >= 0.3 is 0 Å². The molecule has 0 saturated carbocycles. The molecule has 0 aliphatic heterocycles. The summed E-state index contributed by atoms with van der Waals surface area (Å²) in [6.45, 7) is 7.07. The highest BCUT2D eigenvalue weighted by Crippen LogP contribution is 2.21. The van der Waals surface area contributed by atoms with Crippen molar-refractivity contribution in [3.63, 3.8) is 0 Å². The molecule has 0 aliphatic carbocycles. The second-order valence-corrected chi connectivity index (χ2v) is 5.71. The third kappa shape index (κ3) is 4.36. The Morgan fingerprint density at radius 3 is 2.55 bits per heavy atom. The SMILES string of the molecule is Cc1ncc(C(C)NCC(CCO)c2ccccc2)c(C)n1. The summed E-state index contributed by atoms with van der Waals surface area (Å²) in [6, 6.07) is 10.5. The summed E-state index contributed by atoms with van der Waals surface area (Å²) in [4.78, 5) is 8.72. The second-order valence-electron chi connectivity index (χ2n) is 5.71. The Hall–Kier alpha value is -1.78. The minimum Gasteiger partial charge on any atom is -0.396 e. The van der Waals surface area contributed by atoms with Gasteiger partial charge in [0.15, 0.2) is 0 Å². The maximum absolute atomic E-state index is 9.31. The maximum Gasteiger partial charge on any atom is 0.125 e. The molecule has 2 unspecified atom stereocenters. The molecular formula is C18H25N3O. The number of hydrogen-bond acceptors (Lipinski definition) is 4. The number of hydrogen-bond donors (Lipinski definition) is 2. The molecule has 0 bridgehead atoms. The van der Waals surface area contributed by atoms with Crippen LogP contribution in [0.4, 0.5) is 0 Å². The third-order valence-corrected chi connectivity index (χ3v) is 4.02. The van der Waals surface area contributed by atoms with E-state index in [0.29, 0.717) is 5.92 Å². The molecule has 22 heavy (non-hydrogen) atoms. The Labute approximate surface area is 132 Å². The van der Waals surface area contributed by atoms with Gasteiger partial charge in [-0.15, -0.1) is 0 Å². The highest BCUT2D eigenvalue weighted by atomic mass is 16.3. The van der Waals surface area contributed by atoms with Crippen LogP contribution in [0.15, 0.2) is 36.5 Å². The van der Waals surface area contributed by atoms with E-state index in [1.807, 2.05) is 38.2 Å². The predicted octanol–water partition coefficient (Wildman–Crippen LogP) is 2.91. The van der Waals surface area contributed by atoms with Crippen LogP contribution in [0.2, 0.25) is 0 Å². The molecule has 0 spiro atoms. The van der Waals surface area contributed by atoms with Crippen molar-refractivity contribution in [2.75, 3.05) is 13.2 Å². The maximum atomic E-state index is 9.31. The van der Waals surface area contributed by atoms with Gasteiger partial charge in [-0.1, -0.05) is 30.3 Å². The summed E-state index contributed by atoms with van der Waals surface area (Å²) in [5.74, 6) is 1.11. The molecule has 0 fully saturated rings. The topological polar surface area (TPSA) is 58.0 Å². The molecule has 1 heterocycles. The number of rotatable bonds is 7. The zero-order valence-electron chi connectivity index (χ0n) is 13.6. The minimum absolute atomic E-state index is 0.186. The largest absolute Gasteiger partial charge is 0.396 e. The third-order valence-electron chi connectivity index (χ3n) is 4.02. The zero-order valence-corrected chi connectivity index (χ0v) is 13.6. The van der Waals surface area contributed by atoms with E-state index in [9.17, 15) is 5.11 Å². The zero-order chi connectivity index (χ0) is 15.9. The van der Waals surface area contributed by atoms with Crippen molar-refractivity contribution in [2.45, 2.75) is 39.2 Å². The van der Waals surface area contributed by atoms with Crippen LogP contribution in [0.3, 0.4) is 0 Å². The highest BCUT2D eigenvalue weighted by Gasteiger charge is 2.15. The molecule has 2 atom stereocenters. The molecule has 2 aromatic rings. The first-order valence-corrected chi connectivity index (χ1v) is 7.81. The summed E-state index contributed by atoms with van der Waals surface area (Å²) in [5, 5.41) is 12.9. The van der Waals surface area contributed by atoms with E-state index in [1.165, 1.54) is 5.56 Å². The van der Waals surface area contributed by atoms with Crippen LogP contribution in [0, 0.1) is 13.8 Å². The molecule has 0 saturated heterocycles. The lowest BCUT2D eigenvalue weighted by Gasteiger charge is -2.21. The second kappa shape index (κ2) is 8.01. The van der Waals surface area contributed by atoms with E-state index in [2.05, 4.69) is 34.3 Å². The summed E-state index contributed by atoms with van der Waals surface area (Å²) in [5.41, 5.74) is 3.40. The van der Waals surface area contributed by atoms with Crippen molar-refractivity contribution in [1.82, 2.24) is 15.3 Å². The molecule has 0 amide bonds. The predicted molar refractivity (Wildman–Crippen MR) is 88.8 cm³/mol. The first-order valence-electron chi connectivity index (χ1n) is 7.81. The number of benzene rings is 1. The summed E-state index contributed by atoms with van der Waals surface area (Å²) < 4.78 is 0. The minimum atomic E-state index is 0.186. The highest BCUT2D eigenvalue weighted by molar-refractivity contribution is 5.22. The van der Waals surface area contributed by atoms with Gasteiger partial charge < -0.3 is 10.4 Å². The van der Waals surface area contributed by atoms with Crippen molar-refractivity contribution in [3.8, 4) is 0 Å². The molecule has 4 heteroatoms. The van der Waals surface area contributed by atoms with Gasteiger partial charge in [-0.25, -0.2) is 9.97 Å². The normalized spacial score (nSPS) is 13.8. The fourth-order valence-electron chi connectivity index (χ4n) is 2.71. The van der Waals surface area contributed by atoms with Gasteiger partial charge in [-0.3, -0.25) is 0 Å². The van der Waals surface area contributed by atoms with E-state index in [0.717, 1.165) is 30.0 Å². The molecule has 118 valence electrons. The summed E-state index contributed by atoms with van der Waals surface area (Å²) in [7, 11) is 0. The Morgan fingerprint density at radius 1 is 1.18 bits per heavy atom. The molecule has 0 aliphatic rings. The standard InChI is InChI=1S/C18H25N3O/c1-13(18-12-20-15(3)21-14(18)2)19-11-17(9-10-22)16-7-5-4-6-8-16/h4-8,12-13,17,19,22H,9-11H2,1-3H3. The number of aliphatic hydroxyl groups is 1. The Kier molecular flexibility index (Phi) is 6.04. The van der Waals surface area contributed by atoms with Crippen molar-refractivity contribution < 1.29 is 5.11 Å². The monoisotopic (exact) mass is 299 g/mol. The number of nitrogens with zero attached hydrogens (tertiary/aromatic N) is 2. The van der Waals surface area contributed by atoms with Gasteiger partial charge in [-0.2, -0.15) is 0 Å². The first-order chi connectivity index (χ1) is 10.6. The van der Waals surface area contributed by atoms with Crippen molar-refractivity contribution >= 4 is 0 Å². The lowest BCUT2D eigenvalue weighted by Crippen LogP contribution is -2.26. The molecule has 1 aromatic carbocycles. The van der Waals surface area contributed by atoms with E-state index in [4.69, 9.17) is 0 Å². The van der Waals surface area contributed by atoms with E-state index in [1.54, 1.807) is 0 Å². The van der Waals surface area contributed by atoms with Crippen LogP contribution in [0.5, 0.6) is 0 Å². The van der Waals surface area contributed by atoms with Crippen molar-refractivity contribution in [3.05, 3.63) is 59.2 Å². The van der Waals surface area contributed by atoms with Crippen LogP contribution < -0.4 is 5.32 Å². The first kappa shape index (κ1) is 16.6. The van der Waals surface area contributed by atoms with Crippen molar-refractivity contribution in [2.24, 2.45) is 0 Å². The van der Waals surface area contributed by atoms with Gasteiger partial charge in [-0.05, 0) is 38.7 Å². The van der Waals surface area contributed by atoms with Gasteiger partial charge in [0.2, 0.25) is 0 Å². The quantitative estimate of drug-likeness (QED) is 0.825.